The van der Waals surface area contributed by atoms with Crippen molar-refractivity contribution in [3.63, 3.8) is 0 Å². The van der Waals surface area contributed by atoms with Gasteiger partial charge in [-0.05, 0) is 68.9 Å². The zero-order chi connectivity index (χ0) is 41.0. The molecule has 9 aromatic carbocycles. The fourth-order valence-corrected chi connectivity index (χ4v) is 8.59. The molecule has 3 aromatic heterocycles. The van der Waals surface area contributed by atoms with Gasteiger partial charge in [-0.2, -0.15) is 0 Å². The third-order valence-corrected chi connectivity index (χ3v) is 11.6. The second-order valence-corrected chi connectivity index (χ2v) is 15.4. The molecule has 0 aliphatic rings. The third-order valence-electron chi connectivity index (χ3n) is 11.6. The van der Waals surface area contributed by atoms with Crippen molar-refractivity contribution in [1.82, 2.24) is 19.9 Å². The lowest BCUT2D eigenvalue weighted by Gasteiger charge is -2.14. The summed E-state index contributed by atoms with van der Waals surface area (Å²) in [5.74, 6) is 2.47. The molecule has 0 saturated carbocycles. The Morgan fingerprint density at radius 3 is 1.44 bits per heavy atom. The van der Waals surface area contributed by atoms with E-state index in [-0.39, 0.29) is 0 Å². The van der Waals surface area contributed by atoms with Crippen LogP contribution < -0.4 is 0 Å². The SMILES string of the molecule is c1ccc(-c2nc(-c3ccccc3)nc(-c3cccc(-c4ccc(-c5ccc(-c6c7oc(-c8ccccc8)nc7cc7c6oc6ccccc67)cc5)c5ccccc45)c3)n2)cc1. The normalized spacial score (nSPS) is 11.5. The lowest BCUT2D eigenvalue weighted by Crippen LogP contribution is -2.00. The van der Waals surface area contributed by atoms with Crippen LogP contribution in [0.4, 0.5) is 0 Å². The van der Waals surface area contributed by atoms with Crippen molar-refractivity contribution in [3.8, 4) is 79.0 Å². The predicted octanol–water partition coefficient (Wildman–Crippen LogP) is 14.7. The van der Waals surface area contributed by atoms with Crippen molar-refractivity contribution < 1.29 is 8.83 Å². The molecule has 0 atom stereocenters. The van der Waals surface area contributed by atoms with Crippen LogP contribution in [-0.4, -0.2) is 19.9 Å². The van der Waals surface area contributed by atoms with Crippen molar-refractivity contribution in [3.05, 3.63) is 206 Å². The van der Waals surface area contributed by atoms with Gasteiger partial charge in [-0.3, -0.25) is 0 Å². The van der Waals surface area contributed by atoms with Crippen LogP contribution in [0.2, 0.25) is 0 Å². The maximum absolute atomic E-state index is 6.58. The van der Waals surface area contributed by atoms with E-state index in [1.165, 1.54) is 0 Å². The number of hydrogen-bond acceptors (Lipinski definition) is 6. The van der Waals surface area contributed by atoms with Gasteiger partial charge in [-0.25, -0.2) is 19.9 Å². The second kappa shape index (κ2) is 14.7. The van der Waals surface area contributed by atoms with Gasteiger partial charge in [0, 0.05) is 33.0 Å². The molecule has 12 aromatic rings. The molecule has 12 rings (SSSR count). The van der Waals surface area contributed by atoms with Gasteiger partial charge in [0.05, 0.1) is 5.56 Å². The van der Waals surface area contributed by atoms with E-state index in [9.17, 15) is 0 Å². The molecular weight excluding hydrogens is 761 g/mol. The van der Waals surface area contributed by atoms with Crippen LogP contribution in [-0.2, 0) is 0 Å². The summed E-state index contributed by atoms with van der Waals surface area (Å²) in [6.07, 6.45) is 0. The summed E-state index contributed by atoms with van der Waals surface area (Å²) >= 11 is 0. The van der Waals surface area contributed by atoms with Crippen LogP contribution in [0.5, 0.6) is 0 Å². The van der Waals surface area contributed by atoms with E-state index in [2.05, 4.69) is 97.1 Å². The van der Waals surface area contributed by atoms with Crippen LogP contribution in [0, 0.1) is 0 Å². The number of hydrogen-bond donors (Lipinski definition) is 0. The molecular formula is C56H34N4O2. The number of benzene rings is 9. The smallest absolute Gasteiger partial charge is 0.227 e. The van der Waals surface area contributed by atoms with Crippen LogP contribution in [0.1, 0.15) is 0 Å². The molecule has 3 heterocycles. The Kier molecular flexibility index (Phi) is 8.38. The van der Waals surface area contributed by atoms with Crippen LogP contribution in [0.15, 0.2) is 215 Å². The maximum Gasteiger partial charge on any atom is 0.227 e. The van der Waals surface area contributed by atoms with Gasteiger partial charge < -0.3 is 8.83 Å². The Bertz CT molecular complexity index is 3560. The van der Waals surface area contributed by atoms with E-state index in [4.69, 9.17) is 28.8 Å². The van der Waals surface area contributed by atoms with Gasteiger partial charge in [0.2, 0.25) is 5.89 Å². The van der Waals surface area contributed by atoms with E-state index in [1.807, 2.05) is 109 Å². The molecule has 0 aliphatic heterocycles. The fraction of sp³-hybridized carbons (Fsp3) is 0. The summed E-state index contributed by atoms with van der Waals surface area (Å²) in [5.41, 5.74) is 13.1. The first-order valence-electron chi connectivity index (χ1n) is 20.6. The van der Waals surface area contributed by atoms with Crippen molar-refractivity contribution in [2.45, 2.75) is 0 Å². The summed E-state index contributed by atoms with van der Waals surface area (Å²) in [7, 11) is 0. The first kappa shape index (κ1) is 35.5. The molecule has 6 heteroatoms. The molecule has 0 bridgehead atoms. The molecule has 0 N–H and O–H groups in total. The number of nitrogens with zero attached hydrogens (tertiary/aromatic N) is 4. The highest BCUT2D eigenvalue weighted by molar-refractivity contribution is 6.16. The minimum Gasteiger partial charge on any atom is -0.455 e. The first-order chi connectivity index (χ1) is 30.7. The minimum atomic E-state index is 0.578. The number of aromatic nitrogens is 4. The van der Waals surface area contributed by atoms with Gasteiger partial charge in [0.1, 0.15) is 16.7 Å². The average Bonchev–Trinajstić information content (AvgIpc) is 3.95. The van der Waals surface area contributed by atoms with Crippen molar-refractivity contribution >= 4 is 43.8 Å². The number of rotatable bonds is 7. The highest BCUT2D eigenvalue weighted by atomic mass is 16.4. The summed E-state index contributed by atoms with van der Waals surface area (Å²) in [6, 6.07) is 70.7. The Labute approximate surface area is 356 Å². The largest absolute Gasteiger partial charge is 0.455 e. The highest BCUT2D eigenvalue weighted by Gasteiger charge is 2.22. The molecule has 0 aliphatic carbocycles. The number of fused-ring (bicyclic) bond motifs is 5. The molecule has 290 valence electrons. The lowest BCUT2D eigenvalue weighted by molar-refractivity contribution is 0.619. The lowest BCUT2D eigenvalue weighted by atomic mass is 9.91. The molecule has 0 saturated heterocycles. The summed E-state index contributed by atoms with van der Waals surface area (Å²) in [4.78, 5) is 19.9. The zero-order valence-electron chi connectivity index (χ0n) is 33.2. The van der Waals surface area contributed by atoms with Crippen molar-refractivity contribution in [2.24, 2.45) is 0 Å². The van der Waals surface area contributed by atoms with Crippen LogP contribution >= 0.6 is 0 Å². The van der Waals surface area contributed by atoms with E-state index in [1.54, 1.807) is 0 Å². The summed E-state index contributed by atoms with van der Waals surface area (Å²) in [5, 5.41) is 4.37. The quantitative estimate of drug-likeness (QED) is 0.160. The van der Waals surface area contributed by atoms with E-state index in [0.717, 1.165) is 93.9 Å². The fourth-order valence-electron chi connectivity index (χ4n) is 8.59. The van der Waals surface area contributed by atoms with E-state index in [0.29, 0.717) is 28.9 Å². The van der Waals surface area contributed by atoms with Gasteiger partial charge in [0.25, 0.3) is 0 Å². The number of para-hydroxylation sites is 1. The first-order valence-corrected chi connectivity index (χ1v) is 20.6. The Hall–Kier alpha value is -8.48. The highest BCUT2D eigenvalue weighted by Crippen LogP contribution is 2.44. The topological polar surface area (TPSA) is 77.8 Å². The van der Waals surface area contributed by atoms with Crippen molar-refractivity contribution in [2.75, 3.05) is 0 Å². The van der Waals surface area contributed by atoms with E-state index < -0.39 is 0 Å². The monoisotopic (exact) mass is 794 g/mol. The molecule has 0 spiro atoms. The molecule has 62 heavy (non-hydrogen) atoms. The predicted molar refractivity (Wildman–Crippen MR) is 250 cm³/mol. The molecule has 0 unspecified atom stereocenters. The van der Waals surface area contributed by atoms with Gasteiger partial charge in [-0.15, -0.1) is 0 Å². The van der Waals surface area contributed by atoms with E-state index >= 15 is 0 Å². The molecule has 0 radical (unpaired) electrons. The third kappa shape index (κ3) is 6.13. The zero-order valence-corrected chi connectivity index (χ0v) is 33.2. The summed E-state index contributed by atoms with van der Waals surface area (Å²) in [6.45, 7) is 0. The molecule has 0 amide bonds. The maximum atomic E-state index is 6.58. The number of oxazole rings is 1. The number of furan rings is 1. The van der Waals surface area contributed by atoms with Gasteiger partial charge >= 0.3 is 0 Å². The van der Waals surface area contributed by atoms with Gasteiger partial charge in [-0.1, -0.05) is 176 Å². The average molecular weight is 795 g/mol. The molecule has 0 fully saturated rings. The van der Waals surface area contributed by atoms with Gasteiger partial charge in [0.15, 0.2) is 23.1 Å². The Balaban J connectivity index is 0.946. The summed E-state index contributed by atoms with van der Waals surface area (Å²) < 4.78 is 13.2. The second-order valence-electron chi connectivity index (χ2n) is 15.4. The standard InChI is InChI=1S/C56H34N4O2/c1-4-15-37(16-5-1)53-58-54(38-17-6-2-7-18-38)60-55(59-53)41-22-14-21-40(33-41)43-32-31-42(44-23-10-11-24-45(43)44)35-27-29-36(30-28-35)50-51-47(46-25-12-13-26-49(46)61-51)34-48-52(50)62-56(57-48)39-19-8-3-9-20-39/h1-34H. The molecule has 6 nitrogen and oxygen atoms in total. The minimum absolute atomic E-state index is 0.578. The van der Waals surface area contributed by atoms with Crippen LogP contribution in [0.25, 0.3) is 123 Å². The Morgan fingerprint density at radius 1 is 0.290 bits per heavy atom. The Morgan fingerprint density at radius 2 is 0.790 bits per heavy atom. The van der Waals surface area contributed by atoms with Crippen molar-refractivity contribution in [1.29, 1.82) is 0 Å². The van der Waals surface area contributed by atoms with Crippen LogP contribution in [0.3, 0.4) is 0 Å².